The monoisotopic (exact) mass is 601 g/mol. The van der Waals surface area contributed by atoms with Crippen LogP contribution in [0.2, 0.25) is 10.0 Å². The molecule has 1 unspecified atom stereocenters. The Hall–Kier alpha value is -4.68. The van der Waals surface area contributed by atoms with Gasteiger partial charge in [-0.1, -0.05) is 71.7 Å². The molecule has 0 amide bonds. The van der Waals surface area contributed by atoms with E-state index < -0.39 is 11.3 Å². The molecule has 0 fully saturated rings. The van der Waals surface area contributed by atoms with E-state index in [1.54, 1.807) is 14.2 Å². The Labute approximate surface area is 260 Å². The second-order valence-corrected chi connectivity index (χ2v) is 11.7. The second kappa shape index (κ2) is 10.2. The molecule has 0 bridgehead atoms. The Morgan fingerprint density at radius 3 is 2.00 bits per heavy atom. The zero-order chi connectivity index (χ0) is 29.9. The average Bonchev–Trinajstić information content (AvgIpc) is 3.22. The first kappa shape index (κ1) is 27.2. The maximum atomic E-state index is 11.1. The van der Waals surface area contributed by atoms with Crippen LogP contribution in [0.1, 0.15) is 33.7 Å². The van der Waals surface area contributed by atoms with Gasteiger partial charge in [0.25, 0.3) is 0 Å². The minimum Gasteiger partial charge on any atom is -0.493 e. The molecule has 4 aromatic carbocycles. The van der Waals surface area contributed by atoms with Crippen molar-refractivity contribution in [3.8, 4) is 34.8 Å². The predicted molar refractivity (Wildman–Crippen MR) is 168 cm³/mol. The zero-order valence-electron chi connectivity index (χ0n) is 23.5. The number of fused-ring (bicyclic) bond motifs is 8. The summed E-state index contributed by atoms with van der Waals surface area (Å²) in [6.07, 6.45) is 2.87. The fourth-order valence-corrected chi connectivity index (χ4v) is 7.55. The summed E-state index contributed by atoms with van der Waals surface area (Å²) in [5.41, 5.74) is 7.13. The van der Waals surface area contributed by atoms with Crippen molar-refractivity contribution in [1.82, 2.24) is 4.90 Å². The second-order valence-electron chi connectivity index (χ2n) is 10.8. The zero-order valence-corrected chi connectivity index (χ0v) is 25.0. The van der Waals surface area contributed by atoms with Crippen LogP contribution in [0.5, 0.6) is 11.5 Å². The van der Waals surface area contributed by atoms with Gasteiger partial charge in [0.2, 0.25) is 0 Å². The third-order valence-electron chi connectivity index (χ3n) is 8.95. The highest BCUT2D eigenvalue weighted by Gasteiger charge is 2.55. The number of ether oxygens (including phenoxy) is 2. The van der Waals surface area contributed by atoms with Crippen LogP contribution >= 0.6 is 23.2 Å². The standard InChI is InChI=1S/C36H25Cl2N3O2/c1-42-34-14-22-12-13-41-32(27(22)17-35(34)43-2)18-28(21-6-4-3-5-7-21)36(31(19-39)33(41)20-40)29-15-23(37)8-10-25(29)26-11-9-24(38)16-30(26)36/h3-11,14-18,28H,12-13H2,1-2H3. The lowest BCUT2D eigenvalue weighted by atomic mass is 9.61. The number of rotatable bonds is 3. The molecule has 5 nitrogen and oxygen atoms in total. The molecule has 7 rings (SSSR count). The first-order valence-corrected chi connectivity index (χ1v) is 14.7. The molecule has 0 aromatic heterocycles. The van der Waals surface area contributed by atoms with Crippen LogP contribution in [0.3, 0.4) is 0 Å². The van der Waals surface area contributed by atoms with E-state index in [1.165, 1.54) is 0 Å². The van der Waals surface area contributed by atoms with Gasteiger partial charge in [-0.15, -0.1) is 0 Å². The summed E-state index contributed by atoms with van der Waals surface area (Å²) in [6.45, 7) is 0.519. The van der Waals surface area contributed by atoms with Gasteiger partial charge < -0.3 is 14.4 Å². The van der Waals surface area contributed by atoms with Crippen LogP contribution in [0.4, 0.5) is 0 Å². The molecule has 0 saturated heterocycles. The summed E-state index contributed by atoms with van der Waals surface area (Å²) in [4.78, 5) is 1.99. The number of hydrogen-bond acceptors (Lipinski definition) is 5. The molecule has 0 saturated carbocycles. The molecule has 1 aliphatic carbocycles. The van der Waals surface area contributed by atoms with Crippen LogP contribution in [0, 0.1) is 22.7 Å². The smallest absolute Gasteiger partial charge is 0.161 e. The molecule has 43 heavy (non-hydrogen) atoms. The average molecular weight is 603 g/mol. The minimum atomic E-state index is -1.08. The van der Waals surface area contributed by atoms with Gasteiger partial charge in [0.05, 0.1) is 31.3 Å². The van der Waals surface area contributed by atoms with Crippen molar-refractivity contribution in [1.29, 1.82) is 10.5 Å². The van der Waals surface area contributed by atoms with Gasteiger partial charge in [0.15, 0.2) is 11.5 Å². The van der Waals surface area contributed by atoms with Gasteiger partial charge in [-0.25, -0.2) is 0 Å². The number of methoxy groups -OCH3 is 2. The molecule has 3 aliphatic rings. The van der Waals surface area contributed by atoms with Crippen LogP contribution in [-0.4, -0.2) is 25.7 Å². The Bertz CT molecular complexity index is 1920. The summed E-state index contributed by atoms with van der Waals surface area (Å²) >= 11 is 13.4. The molecule has 2 aliphatic heterocycles. The maximum Gasteiger partial charge on any atom is 0.161 e. The number of halogens is 2. The summed E-state index contributed by atoms with van der Waals surface area (Å²) < 4.78 is 11.3. The molecule has 1 atom stereocenters. The van der Waals surface area contributed by atoms with Gasteiger partial charge in [0, 0.05) is 33.8 Å². The fourth-order valence-electron chi connectivity index (χ4n) is 7.21. The molecule has 7 heteroatoms. The Kier molecular flexibility index (Phi) is 6.47. The molecule has 1 spiro atoms. The van der Waals surface area contributed by atoms with Gasteiger partial charge in [-0.05, 0) is 76.2 Å². The third kappa shape index (κ3) is 3.83. The van der Waals surface area contributed by atoms with Crippen molar-refractivity contribution in [2.75, 3.05) is 20.8 Å². The fraction of sp³-hybridized carbons (Fsp3) is 0.167. The largest absolute Gasteiger partial charge is 0.493 e. The number of allylic oxidation sites excluding steroid dienone is 3. The molecule has 2 heterocycles. The van der Waals surface area contributed by atoms with Gasteiger partial charge in [0.1, 0.15) is 11.8 Å². The lowest BCUT2D eigenvalue weighted by Gasteiger charge is -2.38. The van der Waals surface area contributed by atoms with E-state index >= 15 is 0 Å². The summed E-state index contributed by atoms with van der Waals surface area (Å²) in [5, 5.41) is 23.1. The van der Waals surface area contributed by atoms with E-state index in [1.807, 2.05) is 71.6 Å². The molecule has 0 radical (unpaired) electrons. The predicted octanol–water partition coefficient (Wildman–Crippen LogP) is 8.27. The first-order valence-electron chi connectivity index (χ1n) is 13.9. The maximum absolute atomic E-state index is 11.1. The van der Waals surface area contributed by atoms with Crippen molar-refractivity contribution in [2.45, 2.75) is 17.8 Å². The lowest BCUT2D eigenvalue weighted by molar-refractivity contribution is 0.353. The Balaban J connectivity index is 1.67. The number of benzene rings is 4. The molecule has 210 valence electrons. The van der Waals surface area contributed by atoms with E-state index in [0.717, 1.165) is 44.6 Å². The van der Waals surface area contributed by atoms with E-state index in [2.05, 4.69) is 30.3 Å². The third-order valence-corrected chi connectivity index (χ3v) is 9.42. The van der Waals surface area contributed by atoms with Gasteiger partial charge in [-0.3, -0.25) is 0 Å². The normalized spacial score (nSPS) is 17.5. The number of nitriles is 2. The quantitative estimate of drug-likeness (QED) is 0.236. The van der Waals surface area contributed by atoms with E-state index in [4.69, 9.17) is 32.7 Å². The Morgan fingerprint density at radius 1 is 0.791 bits per heavy atom. The van der Waals surface area contributed by atoms with Crippen molar-refractivity contribution < 1.29 is 9.47 Å². The van der Waals surface area contributed by atoms with Crippen molar-refractivity contribution in [3.63, 3.8) is 0 Å². The molecular formula is C36H25Cl2N3O2. The van der Waals surface area contributed by atoms with Crippen molar-refractivity contribution >= 4 is 28.9 Å². The highest BCUT2D eigenvalue weighted by atomic mass is 35.5. The van der Waals surface area contributed by atoms with Crippen LogP contribution in [-0.2, 0) is 11.8 Å². The Morgan fingerprint density at radius 2 is 1.42 bits per heavy atom. The van der Waals surface area contributed by atoms with Crippen LogP contribution in [0.15, 0.2) is 96.2 Å². The first-order chi connectivity index (χ1) is 21.0. The molecular weight excluding hydrogens is 577 g/mol. The van der Waals surface area contributed by atoms with E-state index in [-0.39, 0.29) is 0 Å². The highest BCUT2D eigenvalue weighted by molar-refractivity contribution is 6.31. The number of nitrogens with zero attached hydrogens (tertiary/aromatic N) is 3. The minimum absolute atomic E-state index is 0.311. The van der Waals surface area contributed by atoms with Crippen LogP contribution < -0.4 is 9.47 Å². The van der Waals surface area contributed by atoms with Crippen LogP contribution in [0.25, 0.3) is 16.8 Å². The number of hydrogen-bond donors (Lipinski definition) is 0. The summed E-state index contributed by atoms with van der Waals surface area (Å²) in [7, 11) is 3.24. The summed E-state index contributed by atoms with van der Waals surface area (Å²) in [6, 6.07) is 30.7. The SMILES string of the molecule is COc1cc2c(cc1OC)C1=CC(c3ccccc3)C3(C(C#N)=C(C#N)N1CC2)c1cc(Cl)ccc1-c1ccc(Cl)cc13. The molecule has 0 N–H and O–H groups in total. The van der Waals surface area contributed by atoms with Gasteiger partial charge in [-0.2, -0.15) is 10.5 Å². The van der Waals surface area contributed by atoms with Gasteiger partial charge >= 0.3 is 0 Å². The lowest BCUT2D eigenvalue weighted by Crippen LogP contribution is -2.35. The van der Waals surface area contributed by atoms with E-state index in [9.17, 15) is 10.5 Å². The molecule has 4 aromatic rings. The highest BCUT2D eigenvalue weighted by Crippen LogP contribution is 2.62. The van der Waals surface area contributed by atoms with Crippen molar-refractivity contribution in [2.24, 2.45) is 0 Å². The van der Waals surface area contributed by atoms with E-state index in [0.29, 0.717) is 45.8 Å². The topological polar surface area (TPSA) is 69.3 Å². The van der Waals surface area contributed by atoms with Crippen molar-refractivity contribution in [3.05, 3.63) is 134 Å². The summed E-state index contributed by atoms with van der Waals surface area (Å²) in [5.74, 6) is 0.844.